The molecule has 0 fully saturated rings. The molecule has 0 bridgehead atoms. The molecule has 0 unspecified atom stereocenters. The zero-order chi connectivity index (χ0) is 12.2. The van der Waals surface area contributed by atoms with Crippen LogP contribution in [0.2, 0.25) is 0 Å². The molecule has 0 aliphatic rings. The summed E-state index contributed by atoms with van der Waals surface area (Å²) in [6.07, 6.45) is 2.70. The Morgan fingerprint density at radius 3 is 2.25 bits per heavy atom. The first kappa shape index (κ1) is 13.0. The lowest BCUT2D eigenvalue weighted by Gasteiger charge is -2.16. The van der Waals surface area contributed by atoms with Gasteiger partial charge in [0.15, 0.2) is 0 Å². The summed E-state index contributed by atoms with van der Waals surface area (Å²) in [4.78, 5) is 0. The number of sulfonamides is 1. The molecule has 0 aliphatic carbocycles. The minimum Gasteiger partial charge on any atom is -0.396 e. The van der Waals surface area contributed by atoms with Crippen molar-refractivity contribution in [3.8, 4) is 0 Å². The van der Waals surface area contributed by atoms with Gasteiger partial charge in [-0.3, -0.25) is 4.31 Å². The van der Waals surface area contributed by atoms with E-state index < -0.39 is 10.0 Å². The van der Waals surface area contributed by atoms with E-state index in [4.69, 9.17) is 5.11 Å². The van der Waals surface area contributed by atoms with Crippen LogP contribution in [0.1, 0.15) is 12.0 Å². The number of anilines is 1. The monoisotopic (exact) mass is 243 g/mol. The number of aliphatic hydroxyl groups excluding tert-OH is 1. The fourth-order valence-corrected chi connectivity index (χ4v) is 1.85. The van der Waals surface area contributed by atoms with Gasteiger partial charge in [-0.2, -0.15) is 0 Å². The topological polar surface area (TPSA) is 57.6 Å². The highest BCUT2D eigenvalue weighted by atomic mass is 32.2. The van der Waals surface area contributed by atoms with Gasteiger partial charge in [0.25, 0.3) is 0 Å². The molecular weight excluding hydrogens is 226 g/mol. The third kappa shape index (κ3) is 3.50. The predicted octanol–water partition coefficient (Wildman–Crippen LogP) is 1.01. The van der Waals surface area contributed by atoms with Crippen LogP contribution in [0.15, 0.2) is 24.3 Å². The lowest BCUT2D eigenvalue weighted by Crippen LogP contribution is -2.24. The molecule has 1 rings (SSSR count). The number of aryl methyl sites for hydroxylation is 1. The van der Waals surface area contributed by atoms with Crippen LogP contribution >= 0.6 is 0 Å². The molecule has 1 aromatic rings. The van der Waals surface area contributed by atoms with E-state index >= 15 is 0 Å². The maximum absolute atomic E-state index is 11.3. The standard InChI is InChI=1S/C11H17NO3S/c1-12(16(2,14)15)11-7-5-10(6-8-11)4-3-9-13/h5-8,13H,3-4,9H2,1-2H3. The average molecular weight is 243 g/mol. The van der Waals surface area contributed by atoms with Crippen LogP contribution < -0.4 is 4.31 Å². The molecule has 1 aromatic carbocycles. The van der Waals surface area contributed by atoms with E-state index in [0.717, 1.165) is 18.4 Å². The molecule has 0 radical (unpaired) electrons. The van der Waals surface area contributed by atoms with Crippen molar-refractivity contribution in [2.24, 2.45) is 0 Å². The second kappa shape index (κ2) is 5.32. The molecule has 5 heteroatoms. The summed E-state index contributed by atoms with van der Waals surface area (Å²) in [5.41, 5.74) is 1.75. The van der Waals surface area contributed by atoms with Crippen molar-refractivity contribution in [2.75, 3.05) is 24.2 Å². The lowest BCUT2D eigenvalue weighted by atomic mass is 10.1. The Hall–Kier alpha value is -1.07. The van der Waals surface area contributed by atoms with Crippen LogP contribution in [0, 0.1) is 0 Å². The number of aliphatic hydroxyl groups is 1. The van der Waals surface area contributed by atoms with Crippen LogP contribution in [-0.4, -0.2) is 33.4 Å². The molecule has 0 saturated heterocycles. The fourth-order valence-electron chi connectivity index (χ4n) is 1.35. The number of rotatable bonds is 5. The van der Waals surface area contributed by atoms with E-state index in [2.05, 4.69) is 0 Å². The summed E-state index contributed by atoms with van der Waals surface area (Å²) in [6.45, 7) is 0.172. The number of nitrogens with zero attached hydrogens (tertiary/aromatic N) is 1. The van der Waals surface area contributed by atoms with Crippen LogP contribution in [0.4, 0.5) is 5.69 Å². The van der Waals surface area contributed by atoms with E-state index in [-0.39, 0.29) is 6.61 Å². The molecule has 1 N–H and O–H groups in total. The van der Waals surface area contributed by atoms with Crippen molar-refractivity contribution in [1.82, 2.24) is 0 Å². The maximum Gasteiger partial charge on any atom is 0.231 e. The Kier molecular flexibility index (Phi) is 4.32. The summed E-state index contributed by atoms with van der Waals surface area (Å²) in [5.74, 6) is 0. The van der Waals surface area contributed by atoms with Crippen LogP contribution in [0.25, 0.3) is 0 Å². The van der Waals surface area contributed by atoms with Gasteiger partial charge in [-0.15, -0.1) is 0 Å². The van der Waals surface area contributed by atoms with Crippen molar-refractivity contribution < 1.29 is 13.5 Å². The quantitative estimate of drug-likeness (QED) is 0.839. The molecule has 0 aromatic heterocycles. The lowest BCUT2D eigenvalue weighted by molar-refractivity contribution is 0.288. The summed E-state index contributed by atoms with van der Waals surface area (Å²) in [6, 6.07) is 7.31. The Bertz CT molecular complexity index is 425. The van der Waals surface area contributed by atoms with Gasteiger partial charge in [0.1, 0.15) is 0 Å². The van der Waals surface area contributed by atoms with Crippen LogP contribution in [-0.2, 0) is 16.4 Å². The van der Waals surface area contributed by atoms with Gasteiger partial charge in [-0.25, -0.2) is 8.42 Å². The zero-order valence-corrected chi connectivity index (χ0v) is 10.4. The third-order valence-electron chi connectivity index (χ3n) is 2.42. The van der Waals surface area contributed by atoms with Crippen molar-refractivity contribution in [3.05, 3.63) is 29.8 Å². The molecular formula is C11H17NO3S. The second-order valence-electron chi connectivity index (χ2n) is 3.72. The van der Waals surface area contributed by atoms with Gasteiger partial charge < -0.3 is 5.11 Å². The largest absolute Gasteiger partial charge is 0.396 e. The van der Waals surface area contributed by atoms with Crippen LogP contribution in [0.5, 0.6) is 0 Å². The average Bonchev–Trinajstić information content (AvgIpc) is 2.25. The highest BCUT2D eigenvalue weighted by molar-refractivity contribution is 7.92. The van der Waals surface area contributed by atoms with Crippen molar-refractivity contribution in [2.45, 2.75) is 12.8 Å². The van der Waals surface area contributed by atoms with E-state index in [1.807, 2.05) is 12.1 Å². The summed E-state index contributed by atoms with van der Waals surface area (Å²) in [5, 5.41) is 8.69. The first-order valence-corrected chi connectivity index (χ1v) is 6.93. The van der Waals surface area contributed by atoms with E-state index in [0.29, 0.717) is 5.69 Å². The summed E-state index contributed by atoms with van der Waals surface area (Å²) < 4.78 is 23.8. The molecule has 16 heavy (non-hydrogen) atoms. The Morgan fingerprint density at radius 2 is 1.81 bits per heavy atom. The number of benzene rings is 1. The molecule has 0 amide bonds. The number of hydrogen-bond donors (Lipinski definition) is 1. The Labute approximate surface area is 96.6 Å². The third-order valence-corrected chi connectivity index (χ3v) is 3.63. The molecule has 0 atom stereocenters. The van der Waals surface area contributed by atoms with Gasteiger partial charge in [-0.1, -0.05) is 12.1 Å². The molecule has 0 saturated carbocycles. The number of hydrogen-bond acceptors (Lipinski definition) is 3. The van der Waals surface area contributed by atoms with Gasteiger partial charge in [0.2, 0.25) is 10.0 Å². The molecule has 4 nitrogen and oxygen atoms in total. The second-order valence-corrected chi connectivity index (χ2v) is 5.74. The van der Waals surface area contributed by atoms with Gasteiger partial charge in [0, 0.05) is 13.7 Å². The fraction of sp³-hybridized carbons (Fsp3) is 0.455. The van der Waals surface area contributed by atoms with E-state index in [9.17, 15) is 8.42 Å². The van der Waals surface area contributed by atoms with Gasteiger partial charge in [0.05, 0.1) is 11.9 Å². The zero-order valence-electron chi connectivity index (χ0n) is 9.55. The minimum absolute atomic E-state index is 0.172. The minimum atomic E-state index is -3.19. The molecule has 0 spiro atoms. The van der Waals surface area contributed by atoms with Gasteiger partial charge >= 0.3 is 0 Å². The summed E-state index contributed by atoms with van der Waals surface area (Å²) in [7, 11) is -1.67. The Morgan fingerprint density at radius 1 is 1.25 bits per heavy atom. The van der Waals surface area contributed by atoms with E-state index in [1.54, 1.807) is 12.1 Å². The van der Waals surface area contributed by atoms with Gasteiger partial charge in [-0.05, 0) is 30.5 Å². The highest BCUT2D eigenvalue weighted by Gasteiger charge is 2.10. The molecule has 90 valence electrons. The normalized spacial score (nSPS) is 11.4. The first-order valence-electron chi connectivity index (χ1n) is 5.09. The predicted molar refractivity (Wildman–Crippen MR) is 65.1 cm³/mol. The van der Waals surface area contributed by atoms with Crippen molar-refractivity contribution in [3.63, 3.8) is 0 Å². The van der Waals surface area contributed by atoms with E-state index in [1.165, 1.54) is 17.6 Å². The van der Waals surface area contributed by atoms with Crippen LogP contribution in [0.3, 0.4) is 0 Å². The maximum atomic E-state index is 11.3. The van der Waals surface area contributed by atoms with Crippen molar-refractivity contribution in [1.29, 1.82) is 0 Å². The summed E-state index contributed by atoms with van der Waals surface area (Å²) >= 11 is 0. The molecule has 0 aliphatic heterocycles. The highest BCUT2D eigenvalue weighted by Crippen LogP contribution is 2.16. The van der Waals surface area contributed by atoms with Crippen molar-refractivity contribution >= 4 is 15.7 Å². The smallest absolute Gasteiger partial charge is 0.231 e. The molecule has 0 heterocycles. The SMILES string of the molecule is CN(c1ccc(CCCO)cc1)S(C)(=O)=O. The first-order chi connectivity index (χ1) is 7.45. The Balaban J connectivity index is 2.79.